The molecule has 0 aliphatic heterocycles. The molecule has 3 rings (SSSR count). The van der Waals surface area contributed by atoms with Crippen molar-refractivity contribution in [1.29, 1.82) is 0 Å². The second-order valence-electron chi connectivity index (χ2n) is 6.94. The van der Waals surface area contributed by atoms with E-state index in [0.29, 0.717) is 11.7 Å². The Kier molecular flexibility index (Phi) is 5.76. The third kappa shape index (κ3) is 4.09. The number of rotatable bonds is 7. The topological polar surface area (TPSA) is 54.9 Å². The van der Waals surface area contributed by atoms with Crippen molar-refractivity contribution in [2.45, 2.75) is 63.9 Å². The number of thioether (sulfide) groups is 1. The molecule has 24 heavy (non-hydrogen) atoms. The van der Waals surface area contributed by atoms with Gasteiger partial charge >= 0.3 is 0 Å². The van der Waals surface area contributed by atoms with Crippen molar-refractivity contribution in [2.24, 2.45) is 5.92 Å². The SMILES string of the molecule is CC(C)CC[C@@H](C)NC(=O)CSc1ncnc2sc3c(c12)CCC3. The summed E-state index contributed by atoms with van der Waals surface area (Å²) in [4.78, 5) is 23.6. The van der Waals surface area contributed by atoms with E-state index in [9.17, 15) is 4.79 Å². The Morgan fingerprint density at radius 3 is 2.92 bits per heavy atom. The molecule has 0 saturated carbocycles. The molecule has 130 valence electrons. The minimum Gasteiger partial charge on any atom is -0.353 e. The predicted octanol–water partition coefficient (Wildman–Crippen LogP) is 4.21. The van der Waals surface area contributed by atoms with Crippen molar-refractivity contribution >= 4 is 39.2 Å². The molecule has 0 aromatic carbocycles. The first-order valence-electron chi connectivity index (χ1n) is 8.72. The van der Waals surface area contributed by atoms with Gasteiger partial charge in [0.1, 0.15) is 16.2 Å². The molecule has 0 unspecified atom stereocenters. The van der Waals surface area contributed by atoms with E-state index in [1.165, 1.54) is 34.0 Å². The number of hydrogen-bond donors (Lipinski definition) is 1. The summed E-state index contributed by atoms with van der Waals surface area (Å²) >= 11 is 3.33. The molecule has 0 radical (unpaired) electrons. The summed E-state index contributed by atoms with van der Waals surface area (Å²) in [5.74, 6) is 1.19. The monoisotopic (exact) mass is 363 g/mol. The van der Waals surface area contributed by atoms with Gasteiger partial charge in [-0.3, -0.25) is 4.79 Å². The minimum atomic E-state index is 0.0925. The molecule has 2 aromatic heterocycles. The van der Waals surface area contributed by atoms with E-state index in [0.717, 1.165) is 35.5 Å². The van der Waals surface area contributed by atoms with E-state index in [2.05, 4.69) is 36.1 Å². The second-order valence-corrected chi connectivity index (χ2v) is 8.99. The third-order valence-electron chi connectivity index (χ3n) is 4.39. The van der Waals surface area contributed by atoms with Gasteiger partial charge in [0.15, 0.2) is 0 Å². The molecule has 1 atom stereocenters. The van der Waals surface area contributed by atoms with Gasteiger partial charge in [0.2, 0.25) is 5.91 Å². The van der Waals surface area contributed by atoms with E-state index in [4.69, 9.17) is 0 Å². The highest BCUT2D eigenvalue weighted by molar-refractivity contribution is 8.00. The van der Waals surface area contributed by atoms with E-state index in [-0.39, 0.29) is 11.9 Å². The maximum Gasteiger partial charge on any atom is 0.230 e. The van der Waals surface area contributed by atoms with Crippen molar-refractivity contribution in [3.8, 4) is 0 Å². The molecule has 1 aliphatic carbocycles. The van der Waals surface area contributed by atoms with Gasteiger partial charge < -0.3 is 5.32 Å². The van der Waals surface area contributed by atoms with Crippen LogP contribution in [0, 0.1) is 5.92 Å². The molecule has 4 nitrogen and oxygen atoms in total. The highest BCUT2D eigenvalue weighted by Crippen LogP contribution is 2.39. The Bertz CT molecular complexity index is 726. The quantitative estimate of drug-likeness (QED) is 0.591. The number of hydrogen-bond acceptors (Lipinski definition) is 5. The maximum absolute atomic E-state index is 12.2. The fourth-order valence-electron chi connectivity index (χ4n) is 3.11. The maximum atomic E-state index is 12.2. The Labute approximate surface area is 151 Å². The number of carbonyl (C=O) groups excluding carboxylic acids is 1. The van der Waals surface area contributed by atoms with Gasteiger partial charge in [0.05, 0.1) is 5.75 Å². The van der Waals surface area contributed by atoms with Crippen LogP contribution in [0.2, 0.25) is 0 Å². The van der Waals surface area contributed by atoms with Gasteiger partial charge in [0.25, 0.3) is 0 Å². The molecule has 1 amide bonds. The smallest absolute Gasteiger partial charge is 0.230 e. The van der Waals surface area contributed by atoms with Gasteiger partial charge in [-0.25, -0.2) is 9.97 Å². The molecule has 2 aromatic rings. The Morgan fingerprint density at radius 2 is 2.12 bits per heavy atom. The molecule has 0 fully saturated rings. The highest BCUT2D eigenvalue weighted by atomic mass is 32.2. The Balaban J connectivity index is 1.61. The van der Waals surface area contributed by atoms with E-state index >= 15 is 0 Å². The van der Waals surface area contributed by atoms with Crippen LogP contribution in [-0.4, -0.2) is 27.7 Å². The van der Waals surface area contributed by atoms with E-state index in [1.54, 1.807) is 17.7 Å². The number of aromatic nitrogens is 2. The van der Waals surface area contributed by atoms with Crippen LogP contribution in [0.25, 0.3) is 10.2 Å². The number of thiophene rings is 1. The van der Waals surface area contributed by atoms with Crippen molar-refractivity contribution in [2.75, 3.05) is 5.75 Å². The van der Waals surface area contributed by atoms with Crippen LogP contribution in [0.15, 0.2) is 11.4 Å². The zero-order valence-electron chi connectivity index (χ0n) is 14.6. The predicted molar refractivity (Wildman–Crippen MR) is 102 cm³/mol. The van der Waals surface area contributed by atoms with E-state index < -0.39 is 0 Å². The van der Waals surface area contributed by atoms with Crippen molar-refractivity contribution in [3.05, 3.63) is 16.8 Å². The second kappa shape index (κ2) is 7.83. The largest absolute Gasteiger partial charge is 0.353 e. The molecular weight excluding hydrogens is 338 g/mol. The number of nitrogens with zero attached hydrogens (tertiary/aromatic N) is 2. The van der Waals surface area contributed by atoms with Gasteiger partial charge in [-0.15, -0.1) is 11.3 Å². The summed E-state index contributed by atoms with van der Waals surface area (Å²) < 4.78 is 0. The molecular formula is C18H25N3OS2. The average molecular weight is 364 g/mol. The molecule has 2 heterocycles. The lowest BCUT2D eigenvalue weighted by Crippen LogP contribution is -2.34. The van der Waals surface area contributed by atoms with Crippen LogP contribution in [0.5, 0.6) is 0 Å². The minimum absolute atomic E-state index is 0.0925. The van der Waals surface area contributed by atoms with Crippen molar-refractivity contribution in [1.82, 2.24) is 15.3 Å². The van der Waals surface area contributed by atoms with Crippen LogP contribution in [0.3, 0.4) is 0 Å². The zero-order chi connectivity index (χ0) is 17.1. The molecule has 0 saturated heterocycles. The summed E-state index contributed by atoms with van der Waals surface area (Å²) in [6.07, 6.45) is 7.30. The van der Waals surface area contributed by atoms with Crippen LogP contribution in [0.1, 0.15) is 50.5 Å². The first kappa shape index (κ1) is 17.7. The summed E-state index contributed by atoms with van der Waals surface area (Å²) in [7, 11) is 0. The van der Waals surface area contributed by atoms with Crippen molar-refractivity contribution < 1.29 is 4.79 Å². The van der Waals surface area contributed by atoms with Crippen LogP contribution in [0.4, 0.5) is 0 Å². The highest BCUT2D eigenvalue weighted by Gasteiger charge is 2.21. The average Bonchev–Trinajstić information content (AvgIpc) is 3.11. The molecule has 0 spiro atoms. The molecule has 1 aliphatic rings. The Hall–Kier alpha value is -1.14. The number of amides is 1. The third-order valence-corrected chi connectivity index (χ3v) is 6.58. The summed E-state index contributed by atoms with van der Waals surface area (Å²) in [6, 6.07) is 0.233. The number of fused-ring (bicyclic) bond motifs is 3. The first-order valence-corrected chi connectivity index (χ1v) is 10.5. The Morgan fingerprint density at radius 1 is 1.29 bits per heavy atom. The van der Waals surface area contributed by atoms with Gasteiger partial charge in [-0.1, -0.05) is 25.6 Å². The fraction of sp³-hybridized carbons (Fsp3) is 0.611. The fourth-order valence-corrected chi connectivity index (χ4v) is 5.25. The summed E-state index contributed by atoms with van der Waals surface area (Å²) in [5, 5.41) is 5.26. The summed E-state index contributed by atoms with van der Waals surface area (Å²) in [5.41, 5.74) is 1.42. The number of aryl methyl sites for hydroxylation is 2. The normalized spacial score (nSPS) is 15.0. The number of nitrogens with one attached hydrogen (secondary N) is 1. The summed E-state index contributed by atoms with van der Waals surface area (Å²) in [6.45, 7) is 6.51. The van der Waals surface area contributed by atoms with E-state index in [1.807, 2.05) is 0 Å². The molecule has 1 N–H and O–H groups in total. The lowest BCUT2D eigenvalue weighted by molar-refractivity contribution is -0.119. The standard InChI is InChI=1S/C18H25N3OS2/c1-11(2)7-8-12(3)21-15(22)9-23-17-16-13-5-4-6-14(13)24-18(16)20-10-19-17/h10-12H,4-9H2,1-3H3,(H,21,22)/t12-/m1/s1. The van der Waals surface area contributed by atoms with Gasteiger partial charge in [-0.05, 0) is 50.5 Å². The molecule has 0 bridgehead atoms. The van der Waals surface area contributed by atoms with Gasteiger partial charge in [0, 0.05) is 16.3 Å². The lowest BCUT2D eigenvalue weighted by Gasteiger charge is -2.15. The van der Waals surface area contributed by atoms with Crippen LogP contribution in [-0.2, 0) is 17.6 Å². The first-order chi connectivity index (χ1) is 11.5. The van der Waals surface area contributed by atoms with Crippen molar-refractivity contribution in [3.63, 3.8) is 0 Å². The van der Waals surface area contributed by atoms with Gasteiger partial charge in [-0.2, -0.15) is 0 Å². The van der Waals surface area contributed by atoms with Crippen LogP contribution < -0.4 is 5.32 Å². The molecule has 6 heteroatoms. The zero-order valence-corrected chi connectivity index (χ0v) is 16.2. The van der Waals surface area contributed by atoms with Crippen LogP contribution >= 0.6 is 23.1 Å². The lowest BCUT2D eigenvalue weighted by atomic mass is 10.0. The number of carbonyl (C=O) groups is 1.